The van der Waals surface area contributed by atoms with Gasteiger partial charge < -0.3 is 4.74 Å². The molecule has 0 radical (unpaired) electrons. The maximum atomic E-state index is 10.8. The molecule has 1 rings (SSSR count). The van der Waals surface area contributed by atoms with Crippen molar-refractivity contribution in [3.8, 4) is 0 Å². The van der Waals surface area contributed by atoms with Gasteiger partial charge in [-0.2, -0.15) is 8.42 Å². The Hall–Kier alpha value is -1.44. The highest BCUT2D eigenvalue weighted by atomic mass is 32.2. The van der Waals surface area contributed by atoms with Crippen LogP contribution >= 0.6 is 0 Å². The molecule has 100 valence electrons. The minimum Gasteiger partial charge on any atom is -0.465 e. The number of nitrogens with two attached hydrogens (primary N) is 1. The van der Waals surface area contributed by atoms with E-state index in [4.69, 9.17) is 9.88 Å². The Morgan fingerprint density at radius 1 is 1.28 bits per heavy atom. The highest BCUT2D eigenvalue weighted by Gasteiger charge is 2.16. The van der Waals surface area contributed by atoms with Crippen molar-refractivity contribution in [3.05, 3.63) is 35.9 Å². The van der Waals surface area contributed by atoms with Crippen molar-refractivity contribution in [1.29, 1.82) is 0 Å². The number of hydrogen-bond donors (Lipinski definition) is 1. The van der Waals surface area contributed by atoms with E-state index < -0.39 is 16.3 Å². The lowest BCUT2D eigenvalue weighted by molar-refractivity contribution is -0.141. The predicted octanol–water partition coefficient (Wildman–Crippen LogP) is 0.553. The predicted molar refractivity (Wildman–Crippen MR) is 64.9 cm³/mol. The number of ether oxygens (including phenoxy) is 1. The van der Waals surface area contributed by atoms with Gasteiger partial charge in [0.15, 0.2) is 0 Å². The molecule has 0 heterocycles. The zero-order chi connectivity index (χ0) is 13.6. The molecule has 6 nitrogen and oxygen atoms in total. The number of rotatable bonds is 6. The molecule has 0 spiro atoms. The van der Waals surface area contributed by atoms with Crippen LogP contribution in [0.15, 0.2) is 30.3 Å². The fraction of sp³-hybridized carbons (Fsp3) is 0.364. The summed E-state index contributed by atoms with van der Waals surface area (Å²) in [5.41, 5.74) is 0.808. The molecule has 1 atom stereocenters. The van der Waals surface area contributed by atoms with E-state index in [2.05, 4.69) is 4.18 Å². The molecule has 2 N–H and O–H groups in total. The quantitative estimate of drug-likeness (QED) is 0.764. The molecule has 0 bridgehead atoms. The molecule has 1 aromatic carbocycles. The highest BCUT2D eigenvalue weighted by Crippen LogP contribution is 2.17. The van der Waals surface area contributed by atoms with Crippen LogP contribution in [0.25, 0.3) is 0 Å². The summed E-state index contributed by atoms with van der Waals surface area (Å²) in [6, 6.07) is 9.01. The molecule has 0 saturated heterocycles. The summed E-state index contributed by atoms with van der Waals surface area (Å²) in [6.45, 7) is 1.15. The highest BCUT2D eigenvalue weighted by molar-refractivity contribution is 7.84. The number of hydrogen-bond acceptors (Lipinski definition) is 5. The van der Waals surface area contributed by atoms with Crippen LogP contribution in [0.1, 0.15) is 18.4 Å². The molecule has 0 saturated carbocycles. The van der Waals surface area contributed by atoms with E-state index in [0.29, 0.717) is 0 Å². The van der Waals surface area contributed by atoms with Gasteiger partial charge in [0.05, 0.1) is 6.61 Å². The van der Waals surface area contributed by atoms with Crippen LogP contribution in [0.3, 0.4) is 0 Å². The van der Waals surface area contributed by atoms with E-state index in [1.807, 2.05) is 6.07 Å². The molecule has 18 heavy (non-hydrogen) atoms. The molecule has 0 unspecified atom stereocenters. The maximum Gasteiger partial charge on any atom is 0.333 e. The van der Waals surface area contributed by atoms with Crippen molar-refractivity contribution in [1.82, 2.24) is 0 Å². The van der Waals surface area contributed by atoms with Gasteiger partial charge in [-0.15, -0.1) is 0 Å². The van der Waals surface area contributed by atoms with Gasteiger partial charge in [-0.1, -0.05) is 30.3 Å². The van der Waals surface area contributed by atoms with Gasteiger partial charge in [-0.3, -0.25) is 8.98 Å². The van der Waals surface area contributed by atoms with E-state index in [1.54, 1.807) is 24.3 Å². The molecular weight excluding hydrogens is 258 g/mol. The third kappa shape index (κ3) is 5.76. The molecule has 0 fully saturated rings. The van der Waals surface area contributed by atoms with Gasteiger partial charge in [0.2, 0.25) is 0 Å². The summed E-state index contributed by atoms with van der Waals surface area (Å²) in [4.78, 5) is 10.8. The standard InChI is InChI=1S/C11H15NO5S/c1-9(13)16-7-11(8-17-18(12,14)15)10-5-3-2-4-6-10/h2-6,11H,7-8H2,1H3,(H2,12,14,15)/t11-/m0/s1. The van der Waals surface area contributed by atoms with E-state index in [0.717, 1.165) is 5.56 Å². The average molecular weight is 273 g/mol. The zero-order valence-electron chi connectivity index (χ0n) is 9.91. The van der Waals surface area contributed by atoms with Crippen LogP contribution in [0.2, 0.25) is 0 Å². The maximum absolute atomic E-state index is 10.8. The summed E-state index contributed by atoms with van der Waals surface area (Å²) in [5, 5.41) is 4.76. The van der Waals surface area contributed by atoms with Gasteiger partial charge in [0.1, 0.15) is 6.61 Å². The summed E-state index contributed by atoms with van der Waals surface area (Å²) in [7, 11) is -4.01. The fourth-order valence-corrected chi connectivity index (χ4v) is 1.71. The molecule has 0 aromatic heterocycles. The zero-order valence-corrected chi connectivity index (χ0v) is 10.7. The van der Waals surface area contributed by atoms with Crippen LogP contribution in [-0.4, -0.2) is 27.6 Å². The summed E-state index contributed by atoms with van der Waals surface area (Å²) >= 11 is 0. The van der Waals surface area contributed by atoms with E-state index in [9.17, 15) is 13.2 Å². The summed E-state index contributed by atoms with van der Waals surface area (Å²) in [6.07, 6.45) is 0. The van der Waals surface area contributed by atoms with Gasteiger partial charge in [0, 0.05) is 12.8 Å². The first-order valence-corrected chi connectivity index (χ1v) is 6.71. The molecule has 0 aliphatic heterocycles. The second kappa shape index (κ2) is 6.48. The topological polar surface area (TPSA) is 95.7 Å². The Morgan fingerprint density at radius 3 is 2.39 bits per heavy atom. The Morgan fingerprint density at radius 2 is 1.89 bits per heavy atom. The normalized spacial score (nSPS) is 13.0. The molecule has 7 heteroatoms. The Kier molecular flexibility index (Phi) is 5.26. The van der Waals surface area contributed by atoms with Crippen molar-refractivity contribution in [2.75, 3.05) is 13.2 Å². The number of esters is 1. The Labute approximate surface area is 106 Å². The first-order chi connectivity index (χ1) is 8.38. The number of benzene rings is 1. The van der Waals surface area contributed by atoms with Gasteiger partial charge in [-0.05, 0) is 5.56 Å². The minimum atomic E-state index is -4.01. The molecule has 0 amide bonds. The lowest BCUT2D eigenvalue weighted by Crippen LogP contribution is -2.22. The van der Waals surface area contributed by atoms with Crippen LogP contribution in [0.5, 0.6) is 0 Å². The van der Waals surface area contributed by atoms with E-state index >= 15 is 0 Å². The van der Waals surface area contributed by atoms with Crippen molar-refractivity contribution >= 4 is 16.3 Å². The molecular formula is C11H15NO5S. The largest absolute Gasteiger partial charge is 0.465 e. The molecule has 0 aliphatic carbocycles. The second-order valence-corrected chi connectivity index (χ2v) is 4.91. The first-order valence-electron chi connectivity index (χ1n) is 5.24. The monoisotopic (exact) mass is 273 g/mol. The molecule has 1 aromatic rings. The lowest BCUT2D eigenvalue weighted by Gasteiger charge is -2.16. The number of carbonyl (C=O) groups excluding carboxylic acids is 1. The van der Waals surface area contributed by atoms with Crippen LogP contribution in [0.4, 0.5) is 0 Å². The fourth-order valence-electron chi connectivity index (χ4n) is 1.36. The number of carbonyl (C=O) groups is 1. The third-order valence-corrected chi connectivity index (χ3v) is 2.66. The lowest BCUT2D eigenvalue weighted by atomic mass is 10.0. The smallest absolute Gasteiger partial charge is 0.333 e. The van der Waals surface area contributed by atoms with Crippen LogP contribution in [-0.2, 0) is 24.0 Å². The first kappa shape index (κ1) is 14.6. The minimum absolute atomic E-state index is 0.0366. The second-order valence-electron chi connectivity index (χ2n) is 3.69. The van der Waals surface area contributed by atoms with Gasteiger partial charge >= 0.3 is 16.3 Å². The van der Waals surface area contributed by atoms with Gasteiger partial charge in [0.25, 0.3) is 0 Å². The van der Waals surface area contributed by atoms with Crippen molar-refractivity contribution in [2.45, 2.75) is 12.8 Å². The average Bonchev–Trinajstić information content (AvgIpc) is 2.28. The molecule has 0 aliphatic rings. The van der Waals surface area contributed by atoms with Crippen molar-refractivity contribution < 1.29 is 22.1 Å². The van der Waals surface area contributed by atoms with E-state index in [-0.39, 0.29) is 19.1 Å². The Bertz CT molecular complexity index is 485. The summed E-state index contributed by atoms with van der Waals surface area (Å²) < 4.78 is 30.9. The van der Waals surface area contributed by atoms with Crippen molar-refractivity contribution in [2.24, 2.45) is 5.14 Å². The Balaban J connectivity index is 2.72. The van der Waals surface area contributed by atoms with Crippen LogP contribution < -0.4 is 5.14 Å². The van der Waals surface area contributed by atoms with E-state index in [1.165, 1.54) is 6.92 Å². The third-order valence-electron chi connectivity index (χ3n) is 2.19. The van der Waals surface area contributed by atoms with Crippen molar-refractivity contribution in [3.63, 3.8) is 0 Å². The van der Waals surface area contributed by atoms with Gasteiger partial charge in [-0.25, -0.2) is 5.14 Å². The van der Waals surface area contributed by atoms with Crippen LogP contribution in [0, 0.1) is 0 Å². The SMILES string of the molecule is CC(=O)OC[C@@H](COS(N)(=O)=O)c1ccccc1. The summed E-state index contributed by atoms with van der Waals surface area (Å²) in [5.74, 6) is -0.819.